The largest absolute Gasteiger partial charge is 0.360 e. The second-order valence-electron chi connectivity index (χ2n) is 6.79. The molecule has 3 rings (SSSR count). The van der Waals surface area contributed by atoms with E-state index in [-0.39, 0.29) is 5.91 Å². The van der Waals surface area contributed by atoms with Crippen LogP contribution < -0.4 is 5.32 Å². The van der Waals surface area contributed by atoms with Gasteiger partial charge in [-0.2, -0.15) is 0 Å². The van der Waals surface area contributed by atoms with Crippen molar-refractivity contribution in [2.75, 3.05) is 13.1 Å². The number of carbonyl (C=O) groups excluding carboxylic acids is 1. The highest BCUT2D eigenvalue weighted by Crippen LogP contribution is 2.25. The van der Waals surface area contributed by atoms with Gasteiger partial charge in [-0.3, -0.25) is 9.69 Å². The molecule has 28 heavy (non-hydrogen) atoms. The Morgan fingerprint density at radius 2 is 1.64 bits per heavy atom. The number of aryl methyl sites for hydroxylation is 1. The van der Waals surface area contributed by atoms with E-state index in [9.17, 15) is 4.79 Å². The molecule has 2 aromatic carbocycles. The molecule has 1 aromatic heterocycles. The molecule has 0 spiro atoms. The van der Waals surface area contributed by atoms with Gasteiger partial charge in [0.1, 0.15) is 17.0 Å². The van der Waals surface area contributed by atoms with Crippen molar-refractivity contribution in [3.8, 4) is 11.3 Å². The summed E-state index contributed by atoms with van der Waals surface area (Å²) < 4.78 is 5.28. The number of rotatable bonds is 8. The fraction of sp³-hybridized carbons (Fsp3) is 0.304. The van der Waals surface area contributed by atoms with Crippen LogP contribution in [-0.2, 0) is 13.1 Å². The van der Waals surface area contributed by atoms with Crippen LogP contribution >= 0.6 is 0 Å². The minimum absolute atomic E-state index is 0.176. The van der Waals surface area contributed by atoms with Crippen LogP contribution in [0.2, 0.25) is 0 Å². The maximum Gasteiger partial charge on any atom is 0.257 e. The molecule has 1 heterocycles. The predicted molar refractivity (Wildman–Crippen MR) is 111 cm³/mol. The van der Waals surface area contributed by atoms with Gasteiger partial charge in [0.25, 0.3) is 5.91 Å². The summed E-state index contributed by atoms with van der Waals surface area (Å²) in [5, 5.41) is 7.06. The molecule has 0 aliphatic rings. The highest BCUT2D eigenvalue weighted by Gasteiger charge is 2.21. The van der Waals surface area contributed by atoms with E-state index in [0.29, 0.717) is 23.6 Å². The van der Waals surface area contributed by atoms with Crippen molar-refractivity contribution in [1.29, 1.82) is 0 Å². The summed E-state index contributed by atoms with van der Waals surface area (Å²) in [6, 6.07) is 18.0. The molecule has 0 fully saturated rings. The smallest absolute Gasteiger partial charge is 0.257 e. The van der Waals surface area contributed by atoms with Crippen LogP contribution in [0.5, 0.6) is 0 Å². The molecule has 5 nitrogen and oxygen atoms in total. The van der Waals surface area contributed by atoms with Crippen LogP contribution in [0.15, 0.2) is 59.1 Å². The zero-order valence-corrected chi connectivity index (χ0v) is 16.7. The van der Waals surface area contributed by atoms with E-state index in [1.54, 1.807) is 6.92 Å². The standard InChI is InChI=1S/C23H27N3O2/c1-4-26(5-2)16-19-13-11-18(12-14-19)15-24-23(27)21-17(3)28-25-22(21)20-9-7-6-8-10-20/h6-14H,4-5,15-16H2,1-3H3,(H,24,27). The molecule has 0 saturated carbocycles. The van der Waals surface area contributed by atoms with E-state index in [2.05, 4.69) is 53.5 Å². The predicted octanol–water partition coefficient (Wildman–Crippen LogP) is 4.42. The van der Waals surface area contributed by atoms with Crippen LogP contribution in [0.3, 0.4) is 0 Å². The number of hydrogen-bond donors (Lipinski definition) is 1. The van der Waals surface area contributed by atoms with E-state index in [1.165, 1.54) is 5.56 Å². The van der Waals surface area contributed by atoms with Gasteiger partial charge < -0.3 is 9.84 Å². The van der Waals surface area contributed by atoms with Crippen LogP contribution in [0, 0.1) is 6.92 Å². The van der Waals surface area contributed by atoms with Crippen molar-refractivity contribution >= 4 is 5.91 Å². The minimum Gasteiger partial charge on any atom is -0.360 e. The number of aromatic nitrogens is 1. The van der Waals surface area contributed by atoms with Crippen LogP contribution in [0.4, 0.5) is 0 Å². The van der Waals surface area contributed by atoms with Crippen molar-refractivity contribution in [2.45, 2.75) is 33.9 Å². The number of carbonyl (C=O) groups is 1. The highest BCUT2D eigenvalue weighted by molar-refractivity contribution is 6.00. The summed E-state index contributed by atoms with van der Waals surface area (Å²) in [7, 11) is 0. The molecular weight excluding hydrogens is 350 g/mol. The average Bonchev–Trinajstić information content (AvgIpc) is 3.13. The van der Waals surface area contributed by atoms with Gasteiger partial charge >= 0.3 is 0 Å². The van der Waals surface area contributed by atoms with Crippen molar-refractivity contribution < 1.29 is 9.32 Å². The lowest BCUT2D eigenvalue weighted by Crippen LogP contribution is -2.24. The first-order chi connectivity index (χ1) is 13.6. The van der Waals surface area contributed by atoms with Crippen LogP contribution in [0.25, 0.3) is 11.3 Å². The molecule has 1 N–H and O–H groups in total. The van der Waals surface area contributed by atoms with Gasteiger partial charge in [0.15, 0.2) is 0 Å². The molecule has 0 bridgehead atoms. The van der Waals surface area contributed by atoms with Crippen molar-refractivity contribution in [1.82, 2.24) is 15.4 Å². The summed E-state index contributed by atoms with van der Waals surface area (Å²) in [5.41, 5.74) is 4.27. The second-order valence-corrected chi connectivity index (χ2v) is 6.79. The molecule has 5 heteroatoms. The Labute approximate surface area is 166 Å². The lowest BCUT2D eigenvalue weighted by molar-refractivity contribution is 0.0950. The molecule has 3 aromatic rings. The zero-order valence-electron chi connectivity index (χ0n) is 16.7. The molecule has 0 radical (unpaired) electrons. The normalized spacial score (nSPS) is 11.0. The first kappa shape index (κ1) is 19.8. The molecule has 0 atom stereocenters. The first-order valence-electron chi connectivity index (χ1n) is 9.72. The fourth-order valence-corrected chi connectivity index (χ4v) is 3.17. The topological polar surface area (TPSA) is 58.4 Å². The van der Waals surface area contributed by atoms with Crippen molar-refractivity contribution in [3.05, 3.63) is 77.0 Å². The first-order valence-corrected chi connectivity index (χ1v) is 9.72. The number of hydrogen-bond acceptors (Lipinski definition) is 4. The van der Waals surface area contributed by atoms with Gasteiger partial charge in [-0.05, 0) is 31.1 Å². The monoisotopic (exact) mass is 377 g/mol. The average molecular weight is 377 g/mol. The Morgan fingerprint density at radius 1 is 1.00 bits per heavy atom. The van der Waals surface area contributed by atoms with E-state index < -0.39 is 0 Å². The number of amides is 1. The Hall–Kier alpha value is -2.92. The second kappa shape index (κ2) is 9.33. The van der Waals surface area contributed by atoms with Gasteiger partial charge in [-0.1, -0.05) is 73.6 Å². The summed E-state index contributed by atoms with van der Waals surface area (Å²) >= 11 is 0. The molecule has 0 aliphatic heterocycles. The quantitative estimate of drug-likeness (QED) is 0.631. The zero-order chi connectivity index (χ0) is 19.9. The van der Waals surface area contributed by atoms with Crippen molar-refractivity contribution in [2.24, 2.45) is 0 Å². The van der Waals surface area contributed by atoms with Gasteiger partial charge in [-0.15, -0.1) is 0 Å². The molecule has 146 valence electrons. The summed E-state index contributed by atoms with van der Waals surface area (Å²) in [6.45, 7) is 9.58. The Kier molecular flexibility index (Phi) is 6.61. The molecule has 0 saturated heterocycles. The Morgan fingerprint density at radius 3 is 2.29 bits per heavy atom. The molecule has 0 unspecified atom stereocenters. The Bertz CT molecular complexity index is 897. The summed E-state index contributed by atoms with van der Waals surface area (Å²) in [6.07, 6.45) is 0. The lowest BCUT2D eigenvalue weighted by Gasteiger charge is -2.18. The van der Waals surface area contributed by atoms with Gasteiger partial charge in [0.2, 0.25) is 0 Å². The maximum atomic E-state index is 12.8. The van der Waals surface area contributed by atoms with Gasteiger partial charge in [0.05, 0.1) is 0 Å². The van der Waals surface area contributed by atoms with Crippen LogP contribution in [-0.4, -0.2) is 29.1 Å². The third-order valence-electron chi connectivity index (χ3n) is 4.91. The summed E-state index contributed by atoms with van der Waals surface area (Å²) in [5.74, 6) is 0.343. The number of nitrogens with zero attached hydrogens (tertiary/aromatic N) is 2. The Balaban J connectivity index is 1.66. The highest BCUT2D eigenvalue weighted by atomic mass is 16.5. The molecule has 1 amide bonds. The lowest BCUT2D eigenvalue weighted by atomic mass is 10.1. The minimum atomic E-state index is -0.176. The van der Waals surface area contributed by atoms with Gasteiger partial charge in [0, 0.05) is 18.7 Å². The third-order valence-corrected chi connectivity index (χ3v) is 4.91. The number of nitrogens with one attached hydrogen (secondary N) is 1. The van der Waals surface area contributed by atoms with Gasteiger partial charge in [-0.25, -0.2) is 0 Å². The fourth-order valence-electron chi connectivity index (χ4n) is 3.17. The maximum absolute atomic E-state index is 12.8. The summed E-state index contributed by atoms with van der Waals surface area (Å²) in [4.78, 5) is 15.1. The van der Waals surface area contributed by atoms with E-state index in [1.807, 2.05) is 30.3 Å². The van der Waals surface area contributed by atoms with E-state index >= 15 is 0 Å². The van der Waals surface area contributed by atoms with Crippen molar-refractivity contribution in [3.63, 3.8) is 0 Å². The van der Waals surface area contributed by atoms with E-state index in [0.717, 1.165) is 30.8 Å². The number of benzene rings is 2. The van der Waals surface area contributed by atoms with Crippen LogP contribution in [0.1, 0.15) is 41.1 Å². The molecular formula is C23H27N3O2. The molecule has 0 aliphatic carbocycles. The SMILES string of the molecule is CCN(CC)Cc1ccc(CNC(=O)c2c(-c3ccccc3)noc2C)cc1. The van der Waals surface area contributed by atoms with E-state index in [4.69, 9.17) is 4.52 Å². The third kappa shape index (κ3) is 4.67.